The Bertz CT molecular complexity index is 415. The van der Waals surface area contributed by atoms with Crippen LogP contribution in [0.3, 0.4) is 0 Å². The van der Waals surface area contributed by atoms with Gasteiger partial charge in [0.15, 0.2) is 0 Å². The number of aryl methyl sites for hydroxylation is 1. The molecule has 0 bridgehead atoms. The quantitative estimate of drug-likeness (QED) is 0.880. The monoisotopic (exact) mass is 269 g/mol. The van der Waals surface area contributed by atoms with E-state index in [0.717, 1.165) is 34.7 Å². The normalized spacial score (nSPS) is 14.4. The van der Waals surface area contributed by atoms with Gasteiger partial charge in [0.25, 0.3) is 0 Å². The molecule has 0 aliphatic rings. The summed E-state index contributed by atoms with van der Waals surface area (Å²) in [5.74, 6) is 1.46. The van der Waals surface area contributed by atoms with Crippen molar-refractivity contribution < 1.29 is 4.74 Å². The molecular formula is C15H24ClNO. The lowest BCUT2D eigenvalue weighted by Crippen LogP contribution is -2.19. The molecule has 0 aromatic heterocycles. The maximum atomic E-state index is 6.32. The highest BCUT2D eigenvalue weighted by Gasteiger charge is 2.16. The maximum Gasteiger partial charge on any atom is 0.122 e. The smallest absolute Gasteiger partial charge is 0.122 e. The maximum absolute atomic E-state index is 6.32. The molecule has 0 fully saturated rings. The topological polar surface area (TPSA) is 35.2 Å². The fourth-order valence-electron chi connectivity index (χ4n) is 2.46. The number of hydrogen-bond donors (Lipinski definition) is 1. The average Bonchev–Trinajstić information content (AvgIpc) is 2.28. The van der Waals surface area contributed by atoms with Crippen LogP contribution in [0.1, 0.15) is 37.0 Å². The van der Waals surface area contributed by atoms with E-state index in [2.05, 4.69) is 13.8 Å². The van der Waals surface area contributed by atoms with Crippen molar-refractivity contribution in [2.24, 2.45) is 11.7 Å². The van der Waals surface area contributed by atoms with E-state index in [4.69, 9.17) is 22.1 Å². The molecule has 2 N–H and O–H groups in total. The van der Waals surface area contributed by atoms with Crippen LogP contribution in [0.2, 0.25) is 5.02 Å². The molecule has 0 radical (unpaired) electrons. The Kier molecular flexibility index (Phi) is 5.48. The van der Waals surface area contributed by atoms with Gasteiger partial charge < -0.3 is 10.5 Å². The lowest BCUT2D eigenvalue weighted by Gasteiger charge is -2.19. The summed E-state index contributed by atoms with van der Waals surface area (Å²) < 4.78 is 5.48. The van der Waals surface area contributed by atoms with E-state index in [1.165, 1.54) is 5.56 Å². The Morgan fingerprint density at radius 2 is 1.94 bits per heavy atom. The second-order valence-corrected chi connectivity index (χ2v) is 5.71. The molecule has 18 heavy (non-hydrogen) atoms. The molecule has 0 aliphatic heterocycles. The van der Waals surface area contributed by atoms with Gasteiger partial charge in [0.1, 0.15) is 5.75 Å². The summed E-state index contributed by atoms with van der Waals surface area (Å²) in [4.78, 5) is 0. The number of ether oxygens (including phenoxy) is 1. The van der Waals surface area contributed by atoms with Crippen molar-refractivity contribution in [1.82, 2.24) is 0 Å². The molecule has 2 nitrogen and oxygen atoms in total. The van der Waals surface area contributed by atoms with Crippen molar-refractivity contribution in [2.75, 3.05) is 7.11 Å². The van der Waals surface area contributed by atoms with Gasteiger partial charge >= 0.3 is 0 Å². The van der Waals surface area contributed by atoms with E-state index in [1.54, 1.807) is 7.11 Å². The lowest BCUT2D eigenvalue weighted by atomic mass is 9.91. The van der Waals surface area contributed by atoms with Gasteiger partial charge in [-0.15, -0.1) is 0 Å². The van der Waals surface area contributed by atoms with Crippen LogP contribution in [0.5, 0.6) is 5.75 Å². The fourth-order valence-corrected chi connectivity index (χ4v) is 2.63. The van der Waals surface area contributed by atoms with Crippen LogP contribution in [-0.4, -0.2) is 13.2 Å². The number of nitrogens with two attached hydrogens (primary N) is 1. The van der Waals surface area contributed by atoms with Gasteiger partial charge in [0, 0.05) is 11.1 Å². The Labute approximate surface area is 115 Å². The second kappa shape index (κ2) is 6.44. The summed E-state index contributed by atoms with van der Waals surface area (Å²) in [6.45, 7) is 8.33. The summed E-state index contributed by atoms with van der Waals surface area (Å²) in [6, 6.07) is 2.25. The van der Waals surface area contributed by atoms with Crippen molar-refractivity contribution in [1.29, 1.82) is 0 Å². The molecule has 2 atom stereocenters. The first-order valence-corrected chi connectivity index (χ1v) is 6.82. The van der Waals surface area contributed by atoms with Crippen LogP contribution in [0.15, 0.2) is 6.07 Å². The minimum atomic E-state index is 0.229. The van der Waals surface area contributed by atoms with Gasteiger partial charge in [0.2, 0.25) is 0 Å². The van der Waals surface area contributed by atoms with E-state index >= 15 is 0 Å². The van der Waals surface area contributed by atoms with E-state index in [-0.39, 0.29) is 6.04 Å². The highest BCUT2D eigenvalue weighted by atomic mass is 35.5. The Morgan fingerprint density at radius 1 is 1.33 bits per heavy atom. The zero-order valence-corrected chi connectivity index (χ0v) is 12.8. The molecule has 0 amide bonds. The largest absolute Gasteiger partial charge is 0.496 e. The minimum absolute atomic E-state index is 0.229. The number of hydrogen-bond acceptors (Lipinski definition) is 2. The summed E-state index contributed by atoms with van der Waals surface area (Å²) in [7, 11) is 1.71. The number of benzene rings is 1. The number of rotatable bonds is 5. The average molecular weight is 270 g/mol. The first-order chi connectivity index (χ1) is 8.36. The van der Waals surface area contributed by atoms with Crippen molar-refractivity contribution in [3.63, 3.8) is 0 Å². The van der Waals surface area contributed by atoms with Gasteiger partial charge in [-0.3, -0.25) is 0 Å². The molecule has 1 aromatic rings. The van der Waals surface area contributed by atoms with Gasteiger partial charge in [-0.1, -0.05) is 18.5 Å². The molecule has 2 unspecified atom stereocenters. The summed E-state index contributed by atoms with van der Waals surface area (Å²) >= 11 is 6.32. The summed E-state index contributed by atoms with van der Waals surface area (Å²) in [6.07, 6.45) is 1.96. The predicted octanol–water partition coefficient (Wildman–Crippen LogP) is 3.88. The van der Waals surface area contributed by atoms with E-state index in [9.17, 15) is 0 Å². The second-order valence-electron chi connectivity index (χ2n) is 5.34. The zero-order chi connectivity index (χ0) is 13.9. The van der Waals surface area contributed by atoms with Crippen LogP contribution >= 0.6 is 11.6 Å². The highest BCUT2D eigenvalue weighted by Crippen LogP contribution is 2.33. The van der Waals surface area contributed by atoms with Crippen molar-refractivity contribution in [3.8, 4) is 5.75 Å². The predicted molar refractivity (Wildman–Crippen MR) is 78.6 cm³/mol. The molecule has 0 saturated carbocycles. The molecular weight excluding hydrogens is 246 g/mol. The highest BCUT2D eigenvalue weighted by molar-refractivity contribution is 6.32. The third-order valence-corrected chi connectivity index (χ3v) is 3.90. The molecule has 0 aliphatic carbocycles. The Morgan fingerprint density at radius 3 is 2.44 bits per heavy atom. The van der Waals surface area contributed by atoms with E-state index in [0.29, 0.717) is 5.92 Å². The van der Waals surface area contributed by atoms with Crippen molar-refractivity contribution >= 4 is 11.6 Å². The summed E-state index contributed by atoms with van der Waals surface area (Å²) in [5.41, 5.74) is 9.26. The van der Waals surface area contributed by atoms with Gasteiger partial charge in [-0.2, -0.15) is 0 Å². The summed E-state index contributed by atoms with van der Waals surface area (Å²) in [5, 5.41) is 0.846. The van der Waals surface area contributed by atoms with Gasteiger partial charge in [-0.25, -0.2) is 0 Å². The Balaban J connectivity index is 3.03. The zero-order valence-electron chi connectivity index (χ0n) is 12.0. The Hall–Kier alpha value is -0.730. The van der Waals surface area contributed by atoms with Crippen LogP contribution in [0, 0.1) is 19.8 Å². The molecule has 1 rings (SSSR count). The van der Waals surface area contributed by atoms with Crippen LogP contribution in [0.25, 0.3) is 0 Å². The minimum Gasteiger partial charge on any atom is -0.496 e. The molecule has 0 saturated heterocycles. The molecule has 0 heterocycles. The van der Waals surface area contributed by atoms with E-state index in [1.807, 2.05) is 19.9 Å². The van der Waals surface area contributed by atoms with Crippen LogP contribution < -0.4 is 10.5 Å². The molecule has 1 aromatic carbocycles. The standard InChI is InChI=1S/C15H24ClNO/c1-9(6-11(3)17)7-13-12(4)15(16)10(2)8-14(13)18-5/h8-9,11H,6-7,17H2,1-5H3. The first kappa shape index (κ1) is 15.3. The number of halogens is 1. The lowest BCUT2D eigenvalue weighted by molar-refractivity contribution is 0.400. The van der Waals surface area contributed by atoms with Gasteiger partial charge in [-0.05, 0) is 62.3 Å². The van der Waals surface area contributed by atoms with Crippen LogP contribution in [-0.2, 0) is 6.42 Å². The fraction of sp³-hybridized carbons (Fsp3) is 0.600. The molecule has 0 spiro atoms. The molecule has 102 valence electrons. The SMILES string of the molecule is COc1cc(C)c(Cl)c(C)c1CC(C)CC(C)N. The first-order valence-electron chi connectivity index (χ1n) is 6.45. The molecule has 3 heteroatoms. The van der Waals surface area contributed by atoms with Crippen molar-refractivity contribution in [3.05, 3.63) is 27.8 Å². The van der Waals surface area contributed by atoms with Crippen molar-refractivity contribution in [2.45, 2.75) is 46.6 Å². The van der Waals surface area contributed by atoms with Gasteiger partial charge in [0.05, 0.1) is 7.11 Å². The third kappa shape index (κ3) is 3.63. The third-order valence-electron chi connectivity index (χ3n) is 3.32. The number of methoxy groups -OCH3 is 1. The van der Waals surface area contributed by atoms with Crippen LogP contribution in [0.4, 0.5) is 0 Å². The van der Waals surface area contributed by atoms with E-state index < -0.39 is 0 Å².